The lowest BCUT2D eigenvalue weighted by atomic mass is 9.94. The van der Waals surface area contributed by atoms with Crippen LogP contribution in [0.25, 0.3) is 0 Å². The van der Waals surface area contributed by atoms with E-state index < -0.39 is 12.0 Å². The second kappa shape index (κ2) is 10.7. The van der Waals surface area contributed by atoms with Gasteiger partial charge in [-0.15, -0.1) is 0 Å². The molecule has 34 heavy (non-hydrogen) atoms. The van der Waals surface area contributed by atoms with E-state index in [-0.39, 0.29) is 12.6 Å². The number of nitrogens with one attached hydrogen (secondary N) is 2. The zero-order valence-corrected chi connectivity index (χ0v) is 20.3. The first-order valence-electron chi connectivity index (χ1n) is 12.1. The van der Waals surface area contributed by atoms with Crippen molar-refractivity contribution in [3.63, 3.8) is 0 Å². The number of anilines is 1. The minimum absolute atomic E-state index is 0.278. The van der Waals surface area contributed by atoms with Crippen LogP contribution < -0.4 is 15.5 Å². The number of esters is 1. The monoisotopic (exact) mass is 462 g/mol. The van der Waals surface area contributed by atoms with Crippen LogP contribution in [0.4, 0.5) is 10.5 Å². The predicted octanol–water partition coefficient (Wildman–Crippen LogP) is 3.55. The van der Waals surface area contributed by atoms with Gasteiger partial charge in [0.2, 0.25) is 0 Å². The summed E-state index contributed by atoms with van der Waals surface area (Å²) in [4.78, 5) is 30.3. The second-order valence-electron chi connectivity index (χ2n) is 8.84. The van der Waals surface area contributed by atoms with Gasteiger partial charge in [-0.2, -0.15) is 0 Å². The topological polar surface area (TPSA) is 73.9 Å². The van der Waals surface area contributed by atoms with Crippen molar-refractivity contribution in [2.45, 2.75) is 33.2 Å². The first-order valence-corrected chi connectivity index (χ1v) is 12.1. The van der Waals surface area contributed by atoms with Gasteiger partial charge in [0, 0.05) is 44.1 Å². The Morgan fingerprint density at radius 1 is 1.06 bits per heavy atom. The Kier molecular flexibility index (Phi) is 7.53. The van der Waals surface area contributed by atoms with Crippen molar-refractivity contribution in [3.8, 4) is 0 Å². The lowest BCUT2D eigenvalue weighted by Gasteiger charge is -2.38. The first-order chi connectivity index (χ1) is 16.5. The molecule has 0 radical (unpaired) electrons. The molecule has 2 aromatic rings. The van der Waals surface area contributed by atoms with E-state index in [4.69, 9.17) is 4.74 Å². The average Bonchev–Trinajstić information content (AvgIpc) is 2.84. The normalized spacial score (nSPS) is 19.0. The largest absolute Gasteiger partial charge is 0.463 e. The number of urea groups is 1. The molecule has 2 aliphatic rings. The standard InChI is InChI=1S/C27H34N4O3/c1-4-20-9-11-21(12-10-20)25-24(26(32)34-5-2)23(28-27(33)29-25)18-30-13-15-31(16-14-30)22-8-6-7-19(3)17-22/h6-12,17,25H,4-5,13-16,18H2,1-3H3,(H2,28,29,33)/t25-/m1/s1. The van der Waals surface area contributed by atoms with E-state index in [1.807, 2.05) is 24.3 Å². The molecule has 0 spiro atoms. The predicted molar refractivity (Wildman–Crippen MR) is 134 cm³/mol. The molecule has 1 saturated heterocycles. The highest BCUT2D eigenvalue weighted by Crippen LogP contribution is 2.29. The van der Waals surface area contributed by atoms with Crippen LogP contribution in [0.2, 0.25) is 0 Å². The van der Waals surface area contributed by atoms with E-state index in [0.29, 0.717) is 17.8 Å². The van der Waals surface area contributed by atoms with Gasteiger partial charge in [0.15, 0.2) is 0 Å². The van der Waals surface area contributed by atoms with E-state index in [1.165, 1.54) is 16.8 Å². The Bertz CT molecular complexity index is 1060. The maximum Gasteiger partial charge on any atom is 0.338 e. The van der Waals surface area contributed by atoms with Crippen LogP contribution in [0.1, 0.15) is 36.6 Å². The highest BCUT2D eigenvalue weighted by atomic mass is 16.5. The third-order valence-corrected chi connectivity index (χ3v) is 6.49. The Hall–Kier alpha value is -3.32. The molecule has 1 atom stereocenters. The van der Waals surface area contributed by atoms with Crippen molar-refractivity contribution < 1.29 is 14.3 Å². The fourth-order valence-corrected chi connectivity index (χ4v) is 4.60. The van der Waals surface area contributed by atoms with E-state index in [0.717, 1.165) is 38.2 Å². The minimum Gasteiger partial charge on any atom is -0.463 e. The Labute approximate surface area is 201 Å². The summed E-state index contributed by atoms with van der Waals surface area (Å²) in [7, 11) is 0. The summed E-state index contributed by atoms with van der Waals surface area (Å²) >= 11 is 0. The van der Waals surface area contributed by atoms with Crippen molar-refractivity contribution in [1.82, 2.24) is 15.5 Å². The molecule has 0 unspecified atom stereocenters. The summed E-state index contributed by atoms with van der Waals surface area (Å²) in [5, 5.41) is 5.82. The summed E-state index contributed by atoms with van der Waals surface area (Å²) in [5.41, 5.74) is 5.66. The highest BCUT2D eigenvalue weighted by Gasteiger charge is 2.34. The Balaban J connectivity index is 1.55. The molecule has 0 aliphatic carbocycles. The van der Waals surface area contributed by atoms with Crippen LogP contribution in [0, 0.1) is 6.92 Å². The molecule has 2 aromatic carbocycles. The van der Waals surface area contributed by atoms with Gasteiger partial charge < -0.3 is 20.3 Å². The van der Waals surface area contributed by atoms with Crippen molar-refractivity contribution in [2.75, 3.05) is 44.2 Å². The van der Waals surface area contributed by atoms with Crippen LogP contribution in [0.15, 0.2) is 59.8 Å². The molecule has 2 aliphatic heterocycles. The van der Waals surface area contributed by atoms with Gasteiger partial charge >= 0.3 is 12.0 Å². The van der Waals surface area contributed by atoms with E-state index in [9.17, 15) is 9.59 Å². The number of benzene rings is 2. The number of carbonyl (C=O) groups excluding carboxylic acids is 2. The third-order valence-electron chi connectivity index (χ3n) is 6.49. The number of ether oxygens (including phenoxy) is 1. The minimum atomic E-state index is -0.540. The first kappa shape index (κ1) is 23.8. The maximum atomic E-state index is 13.0. The number of rotatable bonds is 7. The molecule has 0 bridgehead atoms. The zero-order valence-electron chi connectivity index (χ0n) is 20.3. The van der Waals surface area contributed by atoms with Gasteiger partial charge in [-0.3, -0.25) is 4.90 Å². The number of carbonyl (C=O) groups is 2. The molecule has 4 rings (SSSR count). The van der Waals surface area contributed by atoms with Crippen molar-refractivity contribution in [2.24, 2.45) is 0 Å². The number of hydrogen-bond acceptors (Lipinski definition) is 5. The molecule has 2 amide bonds. The van der Waals surface area contributed by atoms with E-state index >= 15 is 0 Å². The van der Waals surface area contributed by atoms with E-state index in [2.05, 4.69) is 58.5 Å². The van der Waals surface area contributed by atoms with Gasteiger partial charge in [-0.1, -0.05) is 43.3 Å². The molecule has 2 N–H and O–H groups in total. The lowest BCUT2D eigenvalue weighted by Crippen LogP contribution is -2.51. The fourth-order valence-electron chi connectivity index (χ4n) is 4.60. The fraction of sp³-hybridized carbons (Fsp3) is 0.407. The average molecular weight is 463 g/mol. The van der Waals surface area contributed by atoms with Crippen molar-refractivity contribution >= 4 is 17.7 Å². The SMILES string of the molecule is CCOC(=O)C1=C(CN2CCN(c3cccc(C)c3)CC2)NC(=O)N[C@@H]1c1ccc(CC)cc1. The summed E-state index contributed by atoms with van der Waals surface area (Å²) in [6, 6.07) is 15.7. The van der Waals surface area contributed by atoms with Gasteiger partial charge in [0.05, 0.1) is 18.2 Å². The summed E-state index contributed by atoms with van der Waals surface area (Å²) in [6.07, 6.45) is 0.930. The summed E-state index contributed by atoms with van der Waals surface area (Å²) in [5.74, 6) is -0.395. The summed E-state index contributed by atoms with van der Waals surface area (Å²) in [6.45, 7) is 10.2. The Morgan fingerprint density at radius 3 is 2.44 bits per heavy atom. The molecule has 7 heteroatoms. The molecule has 0 aromatic heterocycles. The number of amides is 2. The van der Waals surface area contributed by atoms with Crippen LogP contribution in [0.5, 0.6) is 0 Å². The number of piperazine rings is 1. The number of hydrogen-bond donors (Lipinski definition) is 2. The van der Waals surface area contributed by atoms with Crippen LogP contribution in [-0.4, -0.2) is 56.2 Å². The molecule has 2 heterocycles. The maximum absolute atomic E-state index is 13.0. The van der Waals surface area contributed by atoms with Gasteiger partial charge in [0.25, 0.3) is 0 Å². The molecule has 7 nitrogen and oxygen atoms in total. The zero-order chi connectivity index (χ0) is 24.1. The molecule has 0 saturated carbocycles. The summed E-state index contributed by atoms with van der Waals surface area (Å²) < 4.78 is 5.40. The van der Waals surface area contributed by atoms with Crippen LogP contribution in [-0.2, 0) is 16.0 Å². The van der Waals surface area contributed by atoms with Crippen molar-refractivity contribution in [3.05, 3.63) is 76.5 Å². The Morgan fingerprint density at radius 2 is 1.79 bits per heavy atom. The molecular formula is C27H34N4O3. The molecule has 1 fully saturated rings. The van der Waals surface area contributed by atoms with Gasteiger partial charge in [-0.25, -0.2) is 9.59 Å². The second-order valence-corrected chi connectivity index (χ2v) is 8.84. The quantitative estimate of drug-likeness (QED) is 0.616. The smallest absolute Gasteiger partial charge is 0.338 e. The highest BCUT2D eigenvalue weighted by molar-refractivity contribution is 5.95. The van der Waals surface area contributed by atoms with Gasteiger partial charge in [0.1, 0.15) is 0 Å². The number of nitrogens with zero attached hydrogens (tertiary/aromatic N) is 2. The number of aryl methyl sites for hydroxylation is 2. The van der Waals surface area contributed by atoms with Crippen LogP contribution in [0.3, 0.4) is 0 Å². The van der Waals surface area contributed by atoms with Crippen molar-refractivity contribution in [1.29, 1.82) is 0 Å². The third kappa shape index (κ3) is 5.42. The van der Waals surface area contributed by atoms with Gasteiger partial charge in [-0.05, 0) is 49.1 Å². The molecular weight excluding hydrogens is 428 g/mol. The molecule has 180 valence electrons. The lowest BCUT2D eigenvalue weighted by molar-refractivity contribution is -0.139. The van der Waals surface area contributed by atoms with Crippen LogP contribution >= 0.6 is 0 Å². The van der Waals surface area contributed by atoms with E-state index in [1.54, 1.807) is 6.92 Å².